The standard InChI is InChI=1S/C31H27N7O/c1-34-30(32)21-5-3-19-13-25(37-26(19)15-21)18-7-10-24(11-8-18)39-29-12-9-23(17-36-29)28-14-20-4-6-22(31(33)35-2)16-27(20)38-28/h3-17,37-38H,1-2H3,(H2,32,34)(H2,33,35). The third-order valence-electron chi connectivity index (χ3n) is 6.76. The number of fused-ring (bicyclic) bond motifs is 2. The van der Waals surface area contributed by atoms with Crippen molar-refractivity contribution in [2.24, 2.45) is 0 Å². The SMILES string of the molecule is CNC(=N)c1ccc2cc(-c3ccc(Oc4ccc(-c5cc6ccc(C(=N)NC)cc6[nH]5)cn4)cc3)[nH]c2c1. The van der Waals surface area contributed by atoms with Crippen LogP contribution in [-0.2, 0) is 0 Å². The van der Waals surface area contributed by atoms with Gasteiger partial charge in [-0.15, -0.1) is 0 Å². The molecule has 3 aromatic heterocycles. The highest BCUT2D eigenvalue weighted by molar-refractivity contribution is 6.01. The molecule has 0 saturated heterocycles. The summed E-state index contributed by atoms with van der Waals surface area (Å²) in [5.74, 6) is 1.98. The van der Waals surface area contributed by atoms with Gasteiger partial charge in [0.2, 0.25) is 5.88 Å². The number of hydrogen-bond acceptors (Lipinski definition) is 4. The number of H-pyrrole nitrogens is 2. The molecule has 0 bridgehead atoms. The number of pyridine rings is 1. The van der Waals surface area contributed by atoms with Crippen molar-refractivity contribution in [3.05, 3.63) is 102 Å². The zero-order valence-corrected chi connectivity index (χ0v) is 21.5. The lowest BCUT2D eigenvalue weighted by atomic mass is 10.1. The van der Waals surface area contributed by atoms with Gasteiger partial charge < -0.3 is 25.3 Å². The molecule has 8 nitrogen and oxygen atoms in total. The number of rotatable bonds is 6. The van der Waals surface area contributed by atoms with Crippen LogP contribution in [0, 0.1) is 10.8 Å². The lowest BCUT2D eigenvalue weighted by Crippen LogP contribution is -2.17. The van der Waals surface area contributed by atoms with E-state index in [0.29, 0.717) is 23.3 Å². The van der Waals surface area contributed by atoms with Crippen LogP contribution in [0.25, 0.3) is 44.3 Å². The van der Waals surface area contributed by atoms with Gasteiger partial charge in [-0.2, -0.15) is 0 Å². The van der Waals surface area contributed by atoms with E-state index in [0.717, 1.165) is 55.4 Å². The second-order valence-electron chi connectivity index (χ2n) is 9.23. The maximum atomic E-state index is 7.99. The second-order valence-corrected chi connectivity index (χ2v) is 9.23. The number of benzene rings is 3. The molecule has 6 aromatic rings. The number of aromatic nitrogens is 3. The molecule has 0 atom stereocenters. The number of nitrogens with one attached hydrogen (secondary N) is 6. The number of hydrogen-bond donors (Lipinski definition) is 6. The van der Waals surface area contributed by atoms with Gasteiger partial charge in [0.1, 0.15) is 17.4 Å². The molecule has 8 heteroatoms. The third kappa shape index (κ3) is 4.71. The van der Waals surface area contributed by atoms with Crippen molar-refractivity contribution in [3.63, 3.8) is 0 Å². The first kappa shape index (κ1) is 24.0. The summed E-state index contributed by atoms with van der Waals surface area (Å²) in [7, 11) is 3.49. The summed E-state index contributed by atoms with van der Waals surface area (Å²) in [6.45, 7) is 0. The minimum atomic E-state index is 0.381. The first-order valence-corrected chi connectivity index (χ1v) is 12.5. The summed E-state index contributed by atoms with van der Waals surface area (Å²) in [5.41, 5.74) is 7.57. The Morgan fingerprint density at radius 3 is 1.72 bits per heavy atom. The Kier molecular flexibility index (Phi) is 6.05. The zero-order chi connectivity index (χ0) is 26.9. The van der Waals surface area contributed by atoms with Gasteiger partial charge in [-0.05, 0) is 60.2 Å². The van der Waals surface area contributed by atoms with E-state index in [1.807, 2.05) is 72.8 Å². The normalized spacial score (nSPS) is 11.0. The molecule has 0 spiro atoms. The summed E-state index contributed by atoms with van der Waals surface area (Å²) in [5, 5.41) is 23.9. The first-order chi connectivity index (χ1) is 19.0. The summed E-state index contributed by atoms with van der Waals surface area (Å²) < 4.78 is 5.99. The highest BCUT2D eigenvalue weighted by Gasteiger charge is 2.09. The van der Waals surface area contributed by atoms with E-state index in [9.17, 15) is 0 Å². The van der Waals surface area contributed by atoms with Gasteiger partial charge in [-0.3, -0.25) is 10.8 Å². The number of amidine groups is 2. The minimum absolute atomic E-state index is 0.381. The summed E-state index contributed by atoms with van der Waals surface area (Å²) >= 11 is 0. The molecule has 192 valence electrons. The van der Waals surface area contributed by atoms with E-state index in [2.05, 4.69) is 37.7 Å². The van der Waals surface area contributed by atoms with Crippen molar-refractivity contribution in [2.75, 3.05) is 14.1 Å². The summed E-state index contributed by atoms with van der Waals surface area (Å²) in [6.07, 6.45) is 1.79. The highest BCUT2D eigenvalue weighted by atomic mass is 16.5. The maximum absolute atomic E-state index is 7.99. The Bertz CT molecular complexity index is 1690. The maximum Gasteiger partial charge on any atom is 0.219 e. The van der Waals surface area contributed by atoms with Gasteiger partial charge in [0.15, 0.2) is 0 Å². The topological polar surface area (TPSA) is 125 Å². The Morgan fingerprint density at radius 1 is 0.667 bits per heavy atom. The number of aromatic amines is 2. The van der Waals surface area contributed by atoms with Crippen LogP contribution in [0.3, 0.4) is 0 Å². The molecule has 0 unspecified atom stereocenters. The molecule has 0 aliphatic heterocycles. The minimum Gasteiger partial charge on any atom is -0.439 e. The second kappa shape index (κ2) is 9.83. The van der Waals surface area contributed by atoms with Crippen molar-refractivity contribution in [1.29, 1.82) is 10.8 Å². The molecule has 0 radical (unpaired) electrons. The van der Waals surface area contributed by atoms with Crippen molar-refractivity contribution in [3.8, 4) is 34.1 Å². The summed E-state index contributed by atoms with van der Waals surface area (Å²) in [6, 6.07) is 27.7. The van der Waals surface area contributed by atoms with Crippen LogP contribution < -0.4 is 15.4 Å². The molecule has 6 rings (SSSR count). The van der Waals surface area contributed by atoms with Crippen LogP contribution in [-0.4, -0.2) is 40.7 Å². The monoisotopic (exact) mass is 513 g/mol. The number of ether oxygens (including phenoxy) is 1. The van der Waals surface area contributed by atoms with Crippen LogP contribution in [0.2, 0.25) is 0 Å². The van der Waals surface area contributed by atoms with Crippen LogP contribution in [0.4, 0.5) is 0 Å². The van der Waals surface area contributed by atoms with E-state index in [-0.39, 0.29) is 0 Å². The molecule has 0 aliphatic rings. The molecule has 3 heterocycles. The molecule has 3 aromatic carbocycles. The van der Waals surface area contributed by atoms with Crippen LogP contribution in [0.5, 0.6) is 11.6 Å². The lowest BCUT2D eigenvalue weighted by Gasteiger charge is -2.06. The molecule has 0 saturated carbocycles. The predicted octanol–water partition coefficient (Wildman–Crippen LogP) is 6.26. The Hall–Kier alpha value is -5.37. The van der Waals surface area contributed by atoms with Crippen molar-refractivity contribution in [1.82, 2.24) is 25.6 Å². The average Bonchev–Trinajstić information content (AvgIpc) is 3.60. The highest BCUT2D eigenvalue weighted by Crippen LogP contribution is 2.29. The fraction of sp³-hybridized carbons (Fsp3) is 0.0645. The molecular weight excluding hydrogens is 486 g/mol. The van der Waals surface area contributed by atoms with Crippen molar-refractivity contribution in [2.45, 2.75) is 0 Å². The lowest BCUT2D eigenvalue weighted by molar-refractivity contribution is 0.463. The van der Waals surface area contributed by atoms with E-state index < -0.39 is 0 Å². The van der Waals surface area contributed by atoms with Crippen molar-refractivity contribution >= 4 is 33.5 Å². The smallest absolute Gasteiger partial charge is 0.219 e. The van der Waals surface area contributed by atoms with E-state index >= 15 is 0 Å². The fourth-order valence-electron chi connectivity index (χ4n) is 4.59. The Morgan fingerprint density at radius 2 is 1.21 bits per heavy atom. The quantitative estimate of drug-likeness (QED) is 0.116. The van der Waals surface area contributed by atoms with Crippen LogP contribution in [0.15, 0.2) is 91.1 Å². The van der Waals surface area contributed by atoms with Gasteiger partial charge in [0.25, 0.3) is 0 Å². The summed E-state index contributed by atoms with van der Waals surface area (Å²) in [4.78, 5) is 11.4. The Balaban J connectivity index is 1.16. The Labute approximate surface area is 225 Å². The van der Waals surface area contributed by atoms with Crippen LogP contribution in [0.1, 0.15) is 11.1 Å². The molecule has 0 aliphatic carbocycles. The van der Waals surface area contributed by atoms with E-state index in [4.69, 9.17) is 15.6 Å². The third-order valence-corrected chi connectivity index (χ3v) is 6.76. The van der Waals surface area contributed by atoms with Gasteiger partial charge in [0, 0.05) is 76.2 Å². The molecule has 39 heavy (non-hydrogen) atoms. The largest absolute Gasteiger partial charge is 0.439 e. The fourth-order valence-corrected chi connectivity index (χ4v) is 4.59. The van der Waals surface area contributed by atoms with E-state index in [1.54, 1.807) is 20.3 Å². The molecule has 6 N–H and O–H groups in total. The van der Waals surface area contributed by atoms with Crippen LogP contribution >= 0.6 is 0 Å². The predicted molar refractivity (Wildman–Crippen MR) is 157 cm³/mol. The van der Waals surface area contributed by atoms with Gasteiger partial charge in [-0.1, -0.05) is 24.3 Å². The van der Waals surface area contributed by atoms with Gasteiger partial charge >= 0.3 is 0 Å². The van der Waals surface area contributed by atoms with Gasteiger partial charge in [-0.25, -0.2) is 4.98 Å². The average molecular weight is 514 g/mol. The molecular formula is C31H27N7O. The van der Waals surface area contributed by atoms with Crippen molar-refractivity contribution < 1.29 is 4.74 Å². The zero-order valence-electron chi connectivity index (χ0n) is 21.5. The van der Waals surface area contributed by atoms with E-state index in [1.165, 1.54) is 0 Å². The first-order valence-electron chi connectivity index (χ1n) is 12.5. The number of nitrogens with zero attached hydrogens (tertiary/aromatic N) is 1. The molecule has 0 amide bonds. The van der Waals surface area contributed by atoms with Gasteiger partial charge in [0.05, 0.1) is 0 Å². The molecule has 0 fully saturated rings.